The first-order chi connectivity index (χ1) is 22.5. The van der Waals surface area contributed by atoms with Gasteiger partial charge in [0.25, 0.3) is 0 Å². The zero-order valence-electron chi connectivity index (χ0n) is 27.6. The van der Waals surface area contributed by atoms with E-state index in [2.05, 4.69) is 5.32 Å². The number of carbonyl (C=O) groups is 3. The van der Waals surface area contributed by atoms with E-state index in [1.54, 1.807) is 13.0 Å². The fraction of sp³-hybridized carbons (Fsp3) is 0.325. The van der Waals surface area contributed by atoms with E-state index in [0.29, 0.717) is 37.1 Å². The van der Waals surface area contributed by atoms with Gasteiger partial charge in [-0.25, -0.2) is 4.79 Å². The standard InChI is InChI=1S/C40H44N2O4S/c1-29(43)39(30-16-8-5-9-17-30)24-26-42(27-25-39)36(44)35(28-47)41-40(31-18-10-6-11-19-31,32-20-12-7-13-21-32)34-23-15-14-22-33(34)37(45)46-38(2,3)4/h5-23,35,41,47H,24-28H2,1-4H3/t35-/m0/s1. The number of likely N-dealkylation sites (tertiary alicyclic amines) is 1. The van der Waals surface area contributed by atoms with Gasteiger partial charge in [-0.3, -0.25) is 14.9 Å². The Morgan fingerprint density at radius 3 is 1.77 bits per heavy atom. The molecule has 4 aromatic carbocycles. The summed E-state index contributed by atoms with van der Waals surface area (Å²) in [4.78, 5) is 43.2. The molecule has 47 heavy (non-hydrogen) atoms. The van der Waals surface area contributed by atoms with Crippen LogP contribution in [0.3, 0.4) is 0 Å². The van der Waals surface area contributed by atoms with Gasteiger partial charge in [-0.2, -0.15) is 12.6 Å². The number of carbonyl (C=O) groups excluding carboxylic acids is 3. The molecule has 1 aliphatic rings. The Hall–Kier alpha value is -4.20. The summed E-state index contributed by atoms with van der Waals surface area (Å²) in [7, 11) is 0. The highest BCUT2D eigenvalue weighted by molar-refractivity contribution is 7.80. The van der Waals surface area contributed by atoms with Crippen LogP contribution < -0.4 is 5.32 Å². The van der Waals surface area contributed by atoms with Gasteiger partial charge in [0.2, 0.25) is 5.91 Å². The van der Waals surface area contributed by atoms with Gasteiger partial charge in [-0.15, -0.1) is 0 Å². The maximum atomic E-state index is 14.5. The quantitative estimate of drug-likeness (QED) is 0.110. The number of amides is 1. The molecule has 6 nitrogen and oxygen atoms in total. The monoisotopic (exact) mass is 648 g/mol. The Balaban J connectivity index is 1.58. The zero-order chi connectivity index (χ0) is 33.7. The molecule has 4 aromatic rings. The number of rotatable bonds is 10. The predicted octanol–water partition coefficient (Wildman–Crippen LogP) is 6.97. The molecule has 0 bridgehead atoms. The minimum Gasteiger partial charge on any atom is -0.456 e. The van der Waals surface area contributed by atoms with Crippen molar-refractivity contribution < 1.29 is 19.1 Å². The molecule has 1 amide bonds. The van der Waals surface area contributed by atoms with Crippen LogP contribution >= 0.6 is 12.6 Å². The van der Waals surface area contributed by atoms with Crippen molar-refractivity contribution >= 4 is 30.3 Å². The molecule has 0 aromatic heterocycles. The van der Waals surface area contributed by atoms with Gasteiger partial charge in [0.05, 0.1) is 22.6 Å². The molecular weight excluding hydrogens is 605 g/mol. The van der Waals surface area contributed by atoms with E-state index < -0.39 is 28.6 Å². The van der Waals surface area contributed by atoms with Crippen LogP contribution in [0.2, 0.25) is 0 Å². The molecule has 0 aliphatic carbocycles. The van der Waals surface area contributed by atoms with Crippen LogP contribution in [0.15, 0.2) is 115 Å². The number of hydrogen-bond acceptors (Lipinski definition) is 6. The molecule has 244 valence electrons. The summed E-state index contributed by atoms with van der Waals surface area (Å²) in [5.74, 6) is -0.221. The maximum absolute atomic E-state index is 14.5. The van der Waals surface area contributed by atoms with Crippen molar-refractivity contribution in [2.45, 2.75) is 63.1 Å². The molecule has 5 rings (SSSR count). The third kappa shape index (κ3) is 7.07. The van der Waals surface area contributed by atoms with E-state index in [-0.39, 0.29) is 17.4 Å². The summed E-state index contributed by atoms with van der Waals surface area (Å²) >= 11 is 4.71. The van der Waals surface area contributed by atoms with Gasteiger partial charge in [-0.1, -0.05) is 109 Å². The Kier molecular flexibility index (Phi) is 10.4. The van der Waals surface area contributed by atoms with Crippen LogP contribution in [-0.2, 0) is 25.3 Å². The number of hydrogen-bond donors (Lipinski definition) is 2. The van der Waals surface area contributed by atoms with Gasteiger partial charge in [0.15, 0.2) is 0 Å². The van der Waals surface area contributed by atoms with E-state index in [1.807, 2.05) is 135 Å². The van der Waals surface area contributed by atoms with E-state index >= 15 is 0 Å². The second-order valence-electron chi connectivity index (χ2n) is 13.2. The highest BCUT2D eigenvalue weighted by atomic mass is 32.1. The van der Waals surface area contributed by atoms with Crippen LogP contribution in [0.25, 0.3) is 0 Å². The lowest BCUT2D eigenvalue weighted by Gasteiger charge is -2.44. The summed E-state index contributed by atoms with van der Waals surface area (Å²) in [5, 5.41) is 3.75. The first-order valence-electron chi connectivity index (χ1n) is 16.2. The van der Waals surface area contributed by atoms with Gasteiger partial charge in [0, 0.05) is 18.8 Å². The Bertz CT molecular complexity index is 1640. The number of piperidine rings is 1. The van der Waals surface area contributed by atoms with E-state index in [0.717, 1.165) is 16.7 Å². The molecule has 7 heteroatoms. The maximum Gasteiger partial charge on any atom is 0.339 e. The smallest absolute Gasteiger partial charge is 0.339 e. The van der Waals surface area contributed by atoms with Crippen molar-refractivity contribution in [3.63, 3.8) is 0 Å². The first-order valence-corrected chi connectivity index (χ1v) is 16.8. The molecule has 1 heterocycles. The number of ether oxygens (including phenoxy) is 1. The molecular formula is C40H44N2O4S. The van der Waals surface area contributed by atoms with Crippen molar-refractivity contribution in [2.75, 3.05) is 18.8 Å². The lowest BCUT2D eigenvalue weighted by Crippen LogP contribution is -2.59. The number of ketones is 1. The molecule has 1 N–H and O–H groups in total. The van der Waals surface area contributed by atoms with Crippen molar-refractivity contribution in [2.24, 2.45) is 0 Å². The van der Waals surface area contributed by atoms with E-state index in [9.17, 15) is 14.4 Å². The summed E-state index contributed by atoms with van der Waals surface area (Å²) < 4.78 is 5.90. The Labute approximate surface area is 283 Å². The lowest BCUT2D eigenvalue weighted by atomic mass is 9.70. The van der Waals surface area contributed by atoms with Gasteiger partial charge >= 0.3 is 5.97 Å². The summed E-state index contributed by atoms with van der Waals surface area (Å²) in [6, 6.07) is 36.3. The van der Waals surface area contributed by atoms with Crippen LogP contribution in [-0.4, -0.2) is 53.0 Å². The van der Waals surface area contributed by atoms with Crippen LogP contribution in [0.5, 0.6) is 0 Å². The average molecular weight is 649 g/mol. The number of thiol groups is 1. The van der Waals surface area contributed by atoms with Crippen molar-refractivity contribution in [3.8, 4) is 0 Å². The van der Waals surface area contributed by atoms with E-state index in [1.165, 1.54) is 0 Å². The normalized spacial score (nSPS) is 15.5. The lowest BCUT2D eigenvalue weighted by molar-refractivity contribution is -0.137. The van der Waals surface area contributed by atoms with Crippen LogP contribution in [0.4, 0.5) is 0 Å². The molecule has 0 radical (unpaired) electrons. The second-order valence-corrected chi connectivity index (χ2v) is 13.6. The molecule has 1 saturated heterocycles. The largest absolute Gasteiger partial charge is 0.456 e. The number of benzene rings is 4. The highest BCUT2D eigenvalue weighted by Crippen LogP contribution is 2.41. The Morgan fingerprint density at radius 2 is 1.28 bits per heavy atom. The summed E-state index contributed by atoms with van der Waals surface area (Å²) in [5.41, 5.74) is 1.35. The number of esters is 1. The predicted molar refractivity (Wildman–Crippen MR) is 190 cm³/mol. The summed E-state index contributed by atoms with van der Waals surface area (Å²) in [6.45, 7) is 8.08. The van der Waals surface area contributed by atoms with Crippen molar-refractivity contribution in [1.82, 2.24) is 10.2 Å². The third-order valence-corrected chi connectivity index (χ3v) is 9.53. The van der Waals surface area contributed by atoms with Gasteiger partial charge in [-0.05, 0) is 68.9 Å². The van der Waals surface area contributed by atoms with E-state index in [4.69, 9.17) is 17.4 Å². The first kappa shape index (κ1) is 34.1. The fourth-order valence-corrected chi connectivity index (χ4v) is 7.04. The summed E-state index contributed by atoms with van der Waals surface area (Å²) in [6.07, 6.45) is 1.09. The molecule has 1 aliphatic heterocycles. The minimum absolute atomic E-state index is 0.101. The molecule has 0 spiro atoms. The Morgan fingerprint density at radius 1 is 0.787 bits per heavy atom. The topological polar surface area (TPSA) is 75.7 Å². The number of nitrogens with one attached hydrogen (secondary N) is 1. The van der Waals surface area contributed by atoms with Crippen molar-refractivity contribution in [1.29, 1.82) is 0 Å². The fourth-order valence-electron chi connectivity index (χ4n) is 6.80. The molecule has 0 saturated carbocycles. The minimum atomic E-state index is -1.12. The number of Topliss-reactive ketones (excluding diaryl/α,β-unsaturated/α-hetero) is 1. The highest BCUT2D eigenvalue weighted by Gasteiger charge is 2.45. The van der Waals surface area contributed by atoms with Gasteiger partial charge in [0.1, 0.15) is 11.4 Å². The molecule has 1 fully saturated rings. The average Bonchev–Trinajstić information content (AvgIpc) is 3.09. The molecule has 0 unspecified atom stereocenters. The van der Waals surface area contributed by atoms with Crippen molar-refractivity contribution in [3.05, 3.63) is 143 Å². The zero-order valence-corrected chi connectivity index (χ0v) is 28.5. The van der Waals surface area contributed by atoms with Crippen LogP contribution in [0.1, 0.15) is 73.1 Å². The SMILES string of the molecule is CC(=O)C1(c2ccccc2)CCN(C(=O)[C@H](CS)NC(c2ccccc2)(c2ccccc2)c2ccccc2C(=O)OC(C)(C)C)CC1. The molecule has 1 atom stereocenters. The number of nitrogens with zero attached hydrogens (tertiary/aromatic N) is 1. The third-order valence-electron chi connectivity index (χ3n) is 9.16. The van der Waals surface area contributed by atoms with Crippen LogP contribution in [0, 0.1) is 0 Å². The second kappa shape index (κ2) is 14.3. The van der Waals surface area contributed by atoms with Gasteiger partial charge < -0.3 is 9.64 Å².